The van der Waals surface area contributed by atoms with E-state index >= 15 is 0 Å². The molecule has 0 bridgehead atoms. The third-order valence-electron chi connectivity index (χ3n) is 2.73. The first-order valence-electron chi connectivity index (χ1n) is 5.62. The van der Waals surface area contributed by atoms with E-state index in [9.17, 15) is 0 Å². The quantitative estimate of drug-likeness (QED) is 0.864. The molecule has 1 fully saturated rings. The van der Waals surface area contributed by atoms with E-state index in [0.717, 1.165) is 46.8 Å². The summed E-state index contributed by atoms with van der Waals surface area (Å²) in [4.78, 5) is 9.12. The Kier molecular flexibility index (Phi) is 3.96. The van der Waals surface area contributed by atoms with Crippen molar-refractivity contribution < 1.29 is 4.74 Å². The number of nitrogens with zero attached hydrogens (tertiary/aromatic N) is 2. The zero-order chi connectivity index (χ0) is 11.5. The molecular formula is C11H16IN3O. The first-order valence-corrected chi connectivity index (χ1v) is 6.69. The maximum Gasteiger partial charge on any atom is 0.159 e. The largest absolute Gasteiger partial charge is 0.372 e. The highest BCUT2D eigenvalue weighted by molar-refractivity contribution is 14.1. The Morgan fingerprint density at radius 3 is 2.88 bits per heavy atom. The van der Waals surface area contributed by atoms with Gasteiger partial charge in [-0.3, -0.25) is 0 Å². The molecule has 0 aliphatic carbocycles. The second kappa shape index (κ2) is 5.27. The predicted octanol–water partition coefficient (Wildman–Crippen LogP) is 2.54. The van der Waals surface area contributed by atoms with Gasteiger partial charge in [-0.2, -0.15) is 0 Å². The van der Waals surface area contributed by atoms with Gasteiger partial charge in [0.1, 0.15) is 11.9 Å². The number of aromatic nitrogens is 2. The molecule has 1 aromatic rings. The Labute approximate surface area is 109 Å². The van der Waals surface area contributed by atoms with E-state index in [1.807, 2.05) is 7.05 Å². The molecule has 1 atom stereocenters. The number of rotatable bonds is 3. The number of hydrogen-bond acceptors (Lipinski definition) is 4. The van der Waals surface area contributed by atoms with Gasteiger partial charge in [0.15, 0.2) is 5.82 Å². The van der Waals surface area contributed by atoms with Crippen molar-refractivity contribution in [1.29, 1.82) is 0 Å². The van der Waals surface area contributed by atoms with Crippen LogP contribution < -0.4 is 5.32 Å². The lowest BCUT2D eigenvalue weighted by Gasteiger charge is -2.13. The van der Waals surface area contributed by atoms with Crippen molar-refractivity contribution in [2.75, 3.05) is 19.0 Å². The standard InChI is InChI=1S/C11H16IN3O/c1-3-7-9(12)11(13-2)15-10(14-7)8-5-4-6-16-8/h8H,3-6H2,1-2H3,(H,13,14,15). The van der Waals surface area contributed by atoms with Crippen LogP contribution in [0.15, 0.2) is 0 Å². The Balaban J connectivity index is 2.37. The Hall–Kier alpha value is -0.430. The minimum Gasteiger partial charge on any atom is -0.372 e. The molecule has 0 radical (unpaired) electrons. The van der Waals surface area contributed by atoms with Crippen LogP contribution in [0.5, 0.6) is 0 Å². The van der Waals surface area contributed by atoms with Crippen molar-refractivity contribution in [3.8, 4) is 0 Å². The Morgan fingerprint density at radius 1 is 1.50 bits per heavy atom. The highest BCUT2D eigenvalue weighted by Gasteiger charge is 2.22. The molecule has 1 aliphatic heterocycles. The van der Waals surface area contributed by atoms with Crippen molar-refractivity contribution in [1.82, 2.24) is 9.97 Å². The maximum absolute atomic E-state index is 5.62. The average Bonchev–Trinajstić information content (AvgIpc) is 2.83. The molecule has 1 unspecified atom stereocenters. The van der Waals surface area contributed by atoms with Gasteiger partial charge in [0.25, 0.3) is 0 Å². The zero-order valence-electron chi connectivity index (χ0n) is 9.59. The molecule has 0 saturated carbocycles. The van der Waals surface area contributed by atoms with Crippen LogP contribution in [-0.4, -0.2) is 23.6 Å². The van der Waals surface area contributed by atoms with Gasteiger partial charge in [0.05, 0.1) is 9.26 Å². The maximum atomic E-state index is 5.62. The fourth-order valence-corrected chi connectivity index (χ4v) is 2.73. The fraction of sp³-hybridized carbons (Fsp3) is 0.636. The first-order chi connectivity index (χ1) is 7.76. The van der Waals surface area contributed by atoms with E-state index < -0.39 is 0 Å². The van der Waals surface area contributed by atoms with E-state index in [2.05, 4.69) is 44.8 Å². The number of nitrogens with one attached hydrogen (secondary N) is 1. The molecule has 4 nitrogen and oxygen atoms in total. The SMILES string of the molecule is CCc1nc(C2CCCO2)nc(NC)c1I. The summed E-state index contributed by atoms with van der Waals surface area (Å²) in [5.41, 5.74) is 1.10. The number of hydrogen-bond donors (Lipinski definition) is 1. The van der Waals surface area contributed by atoms with Gasteiger partial charge < -0.3 is 10.1 Å². The summed E-state index contributed by atoms with van der Waals surface area (Å²) in [5.74, 6) is 1.75. The van der Waals surface area contributed by atoms with Crippen LogP contribution in [0.25, 0.3) is 0 Å². The smallest absolute Gasteiger partial charge is 0.159 e. The summed E-state index contributed by atoms with van der Waals surface area (Å²) < 4.78 is 6.74. The molecule has 0 spiro atoms. The van der Waals surface area contributed by atoms with E-state index in [-0.39, 0.29) is 6.10 Å². The lowest BCUT2D eigenvalue weighted by molar-refractivity contribution is 0.105. The Bertz CT molecular complexity index is 352. The molecule has 1 aromatic heterocycles. The molecular weight excluding hydrogens is 317 g/mol. The van der Waals surface area contributed by atoms with Gasteiger partial charge >= 0.3 is 0 Å². The summed E-state index contributed by atoms with van der Waals surface area (Å²) in [6.07, 6.45) is 3.16. The summed E-state index contributed by atoms with van der Waals surface area (Å²) in [7, 11) is 1.89. The van der Waals surface area contributed by atoms with Crippen LogP contribution in [0.2, 0.25) is 0 Å². The first kappa shape index (κ1) is 12.0. The van der Waals surface area contributed by atoms with Gasteiger partial charge in [-0.05, 0) is 41.9 Å². The van der Waals surface area contributed by atoms with Gasteiger partial charge in [-0.25, -0.2) is 9.97 Å². The van der Waals surface area contributed by atoms with Gasteiger partial charge in [0, 0.05) is 13.7 Å². The number of aryl methyl sites for hydroxylation is 1. The van der Waals surface area contributed by atoms with Gasteiger partial charge in [0.2, 0.25) is 0 Å². The van der Waals surface area contributed by atoms with Crippen LogP contribution in [0.1, 0.15) is 37.4 Å². The zero-order valence-corrected chi connectivity index (χ0v) is 11.7. The molecule has 2 rings (SSSR count). The minimum absolute atomic E-state index is 0.0920. The van der Waals surface area contributed by atoms with Gasteiger partial charge in [-0.1, -0.05) is 6.92 Å². The number of halogens is 1. The minimum atomic E-state index is 0.0920. The third-order valence-corrected chi connectivity index (χ3v) is 3.86. The highest BCUT2D eigenvalue weighted by Crippen LogP contribution is 2.29. The van der Waals surface area contributed by atoms with Crippen LogP contribution in [0.4, 0.5) is 5.82 Å². The predicted molar refractivity (Wildman–Crippen MR) is 71.6 cm³/mol. The van der Waals surface area contributed by atoms with Crippen LogP contribution in [0.3, 0.4) is 0 Å². The van der Waals surface area contributed by atoms with Crippen molar-refractivity contribution in [3.63, 3.8) is 0 Å². The summed E-state index contributed by atoms with van der Waals surface area (Å²) in [5, 5.41) is 3.12. The molecule has 0 amide bonds. The van der Waals surface area contributed by atoms with Crippen LogP contribution >= 0.6 is 22.6 Å². The van der Waals surface area contributed by atoms with E-state index in [0.29, 0.717) is 0 Å². The molecule has 1 saturated heterocycles. The van der Waals surface area contributed by atoms with E-state index in [4.69, 9.17) is 4.74 Å². The molecule has 16 heavy (non-hydrogen) atoms. The van der Waals surface area contributed by atoms with E-state index in [1.54, 1.807) is 0 Å². The fourth-order valence-electron chi connectivity index (χ4n) is 1.84. The van der Waals surface area contributed by atoms with Crippen LogP contribution in [0, 0.1) is 3.57 Å². The lowest BCUT2D eigenvalue weighted by Crippen LogP contribution is -2.10. The summed E-state index contributed by atoms with van der Waals surface area (Å²) in [6, 6.07) is 0. The number of ether oxygens (including phenoxy) is 1. The Morgan fingerprint density at radius 2 is 2.31 bits per heavy atom. The molecule has 2 heterocycles. The lowest BCUT2D eigenvalue weighted by atomic mass is 10.2. The van der Waals surface area contributed by atoms with Crippen molar-refractivity contribution in [3.05, 3.63) is 15.1 Å². The molecule has 0 aromatic carbocycles. The van der Waals surface area contributed by atoms with Crippen molar-refractivity contribution in [2.45, 2.75) is 32.3 Å². The van der Waals surface area contributed by atoms with Gasteiger partial charge in [-0.15, -0.1) is 0 Å². The second-order valence-electron chi connectivity index (χ2n) is 3.80. The molecule has 5 heteroatoms. The van der Waals surface area contributed by atoms with Crippen LogP contribution in [-0.2, 0) is 11.2 Å². The normalized spacial score (nSPS) is 20.1. The molecule has 1 N–H and O–H groups in total. The van der Waals surface area contributed by atoms with E-state index in [1.165, 1.54) is 0 Å². The topological polar surface area (TPSA) is 47.0 Å². The highest BCUT2D eigenvalue weighted by atomic mass is 127. The average molecular weight is 333 g/mol. The summed E-state index contributed by atoms with van der Waals surface area (Å²) >= 11 is 2.29. The third kappa shape index (κ3) is 2.29. The molecule has 1 aliphatic rings. The number of anilines is 1. The monoisotopic (exact) mass is 333 g/mol. The van der Waals surface area contributed by atoms with Crippen molar-refractivity contribution >= 4 is 28.4 Å². The van der Waals surface area contributed by atoms with Crippen molar-refractivity contribution in [2.24, 2.45) is 0 Å². The second-order valence-corrected chi connectivity index (χ2v) is 4.88. The summed E-state index contributed by atoms with van der Waals surface area (Å²) in [6.45, 7) is 2.94. The molecule has 88 valence electrons.